The highest BCUT2D eigenvalue weighted by Crippen LogP contribution is 2.26. The molecular weight excluding hydrogens is 424 g/mol. The molecule has 0 unspecified atom stereocenters. The highest BCUT2D eigenvalue weighted by Gasteiger charge is 2.28. The Morgan fingerprint density at radius 2 is 1.54 bits per heavy atom. The maximum absolute atomic E-state index is 12.0. The lowest BCUT2D eigenvalue weighted by Gasteiger charge is -2.13. The van der Waals surface area contributed by atoms with E-state index in [-0.39, 0.29) is 5.57 Å². The molecule has 0 bridgehead atoms. The number of nitrogens with one attached hydrogen (secondary N) is 2. The fourth-order valence-corrected chi connectivity index (χ4v) is 3.08. The molecule has 4 rings (SSSR count). The Bertz CT molecular complexity index is 1100. The van der Waals surface area contributed by atoms with Crippen molar-refractivity contribution in [2.75, 3.05) is 0 Å². The summed E-state index contributed by atoms with van der Waals surface area (Å²) in [5, 5.41) is 8.65. The molecule has 1 saturated heterocycles. The van der Waals surface area contributed by atoms with Crippen molar-refractivity contribution in [1.82, 2.24) is 20.4 Å². The third kappa shape index (κ3) is 3.49. The van der Waals surface area contributed by atoms with Gasteiger partial charge in [-0.15, -0.1) is 0 Å². The van der Waals surface area contributed by atoms with Gasteiger partial charge in [0.2, 0.25) is 0 Å². The minimum Gasteiger partial charge on any atom is -0.273 e. The SMILES string of the molecule is O=C1NC(=O)C(=Cc2cc(-c3ccc(Br)cc3)n(-c3ccccc3)n2)C(=O)N1. The molecule has 3 aromatic rings. The molecule has 2 heterocycles. The van der Waals surface area contributed by atoms with E-state index in [9.17, 15) is 14.4 Å². The minimum atomic E-state index is -0.836. The van der Waals surface area contributed by atoms with Gasteiger partial charge in [0.15, 0.2) is 0 Å². The first-order valence-electron chi connectivity index (χ1n) is 8.31. The summed E-state index contributed by atoms with van der Waals surface area (Å²) >= 11 is 3.42. The Morgan fingerprint density at radius 3 is 2.18 bits per heavy atom. The van der Waals surface area contributed by atoms with Crippen LogP contribution in [0.15, 0.2) is 70.7 Å². The second-order valence-electron chi connectivity index (χ2n) is 6.00. The Morgan fingerprint density at radius 1 is 0.893 bits per heavy atom. The van der Waals surface area contributed by atoms with Gasteiger partial charge in [-0.2, -0.15) is 5.10 Å². The van der Waals surface area contributed by atoms with Crippen molar-refractivity contribution in [3.05, 3.63) is 76.4 Å². The molecule has 1 fully saturated rings. The Balaban J connectivity index is 1.83. The molecule has 7 nitrogen and oxygen atoms in total. The van der Waals surface area contributed by atoms with Gasteiger partial charge in [0, 0.05) is 10.0 Å². The summed E-state index contributed by atoms with van der Waals surface area (Å²) < 4.78 is 2.68. The number of carbonyl (C=O) groups excluding carboxylic acids is 3. The molecule has 4 amide bonds. The van der Waals surface area contributed by atoms with Crippen LogP contribution in [0.5, 0.6) is 0 Å². The highest BCUT2D eigenvalue weighted by atomic mass is 79.9. The van der Waals surface area contributed by atoms with Crippen LogP contribution in [-0.2, 0) is 9.59 Å². The molecule has 1 aromatic heterocycles. The van der Waals surface area contributed by atoms with E-state index in [1.165, 1.54) is 6.08 Å². The van der Waals surface area contributed by atoms with Crippen LogP contribution in [0, 0.1) is 0 Å². The quantitative estimate of drug-likeness (QED) is 0.487. The zero-order valence-electron chi connectivity index (χ0n) is 14.3. The first-order chi connectivity index (χ1) is 13.5. The molecule has 138 valence electrons. The summed E-state index contributed by atoms with van der Waals surface area (Å²) in [5.41, 5.74) is 2.77. The van der Waals surface area contributed by atoms with Crippen molar-refractivity contribution in [3.8, 4) is 16.9 Å². The van der Waals surface area contributed by atoms with Crippen LogP contribution in [0.3, 0.4) is 0 Å². The Hall–Kier alpha value is -3.52. The molecule has 0 radical (unpaired) electrons. The molecule has 2 N–H and O–H groups in total. The second-order valence-corrected chi connectivity index (χ2v) is 6.92. The van der Waals surface area contributed by atoms with E-state index in [0.29, 0.717) is 5.69 Å². The number of hydrogen-bond acceptors (Lipinski definition) is 4. The average Bonchev–Trinajstić information content (AvgIpc) is 3.10. The van der Waals surface area contributed by atoms with Gasteiger partial charge in [-0.3, -0.25) is 20.2 Å². The number of rotatable bonds is 3. The average molecular weight is 437 g/mol. The van der Waals surface area contributed by atoms with E-state index in [2.05, 4.69) is 31.7 Å². The summed E-state index contributed by atoms with van der Waals surface area (Å²) in [6.07, 6.45) is 1.36. The maximum Gasteiger partial charge on any atom is 0.328 e. The molecule has 1 aliphatic rings. The number of carbonyl (C=O) groups is 3. The number of para-hydroxylation sites is 1. The first kappa shape index (κ1) is 17.9. The van der Waals surface area contributed by atoms with Crippen LogP contribution in [0.4, 0.5) is 4.79 Å². The van der Waals surface area contributed by atoms with Gasteiger partial charge in [-0.1, -0.05) is 46.3 Å². The molecule has 0 aliphatic carbocycles. The lowest BCUT2D eigenvalue weighted by molar-refractivity contribution is -0.123. The monoisotopic (exact) mass is 436 g/mol. The van der Waals surface area contributed by atoms with E-state index < -0.39 is 17.8 Å². The zero-order valence-corrected chi connectivity index (χ0v) is 15.9. The van der Waals surface area contributed by atoms with Crippen LogP contribution in [-0.4, -0.2) is 27.6 Å². The molecule has 2 aromatic carbocycles. The number of hydrogen-bond donors (Lipinski definition) is 2. The lowest BCUT2D eigenvalue weighted by Crippen LogP contribution is -2.51. The van der Waals surface area contributed by atoms with Crippen molar-refractivity contribution in [2.24, 2.45) is 0 Å². The molecule has 0 atom stereocenters. The van der Waals surface area contributed by atoms with Crippen molar-refractivity contribution in [1.29, 1.82) is 0 Å². The van der Waals surface area contributed by atoms with Gasteiger partial charge in [0.05, 0.1) is 17.1 Å². The Kier molecular flexibility index (Phi) is 4.62. The Labute approximate surface area is 168 Å². The van der Waals surface area contributed by atoms with Gasteiger partial charge in [0.25, 0.3) is 11.8 Å². The largest absolute Gasteiger partial charge is 0.328 e. The van der Waals surface area contributed by atoms with Gasteiger partial charge in [-0.05, 0) is 36.4 Å². The number of amides is 4. The standard InChI is InChI=1S/C20H13BrN4O3/c21-13-8-6-12(7-9-13)17-11-14(24-25(17)15-4-2-1-3-5-15)10-16-18(26)22-20(28)23-19(16)27/h1-11H,(H2,22,23,26,27,28). The summed E-state index contributed by atoms with van der Waals surface area (Å²) in [4.78, 5) is 35.2. The van der Waals surface area contributed by atoms with Gasteiger partial charge < -0.3 is 0 Å². The fraction of sp³-hybridized carbons (Fsp3) is 0. The number of halogens is 1. The summed E-state index contributed by atoms with van der Waals surface area (Å²) in [7, 11) is 0. The van der Waals surface area contributed by atoms with Crippen molar-refractivity contribution in [2.45, 2.75) is 0 Å². The fourth-order valence-electron chi connectivity index (χ4n) is 2.82. The lowest BCUT2D eigenvalue weighted by atomic mass is 10.1. The third-order valence-electron chi connectivity index (χ3n) is 4.10. The number of imide groups is 2. The van der Waals surface area contributed by atoms with Crippen molar-refractivity contribution in [3.63, 3.8) is 0 Å². The molecule has 28 heavy (non-hydrogen) atoms. The maximum atomic E-state index is 12.0. The first-order valence-corrected chi connectivity index (χ1v) is 9.10. The van der Waals surface area contributed by atoms with E-state index in [4.69, 9.17) is 0 Å². The number of nitrogens with zero attached hydrogens (tertiary/aromatic N) is 2. The van der Waals surface area contributed by atoms with Crippen LogP contribution >= 0.6 is 15.9 Å². The van der Waals surface area contributed by atoms with Crippen LogP contribution < -0.4 is 10.6 Å². The van der Waals surface area contributed by atoms with Crippen molar-refractivity contribution >= 4 is 39.9 Å². The second kappa shape index (κ2) is 7.24. The smallest absolute Gasteiger partial charge is 0.273 e. The van der Waals surface area contributed by atoms with Gasteiger partial charge in [0.1, 0.15) is 5.57 Å². The summed E-state index contributed by atoms with van der Waals surface area (Å²) in [6, 6.07) is 18.2. The zero-order chi connectivity index (χ0) is 19.7. The van der Waals surface area contributed by atoms with Gasteiger partial charge >= 0.3 is 6.03 Å². The molecular formula is C20H13BrN4O3. The van der Waals surface area contributed by atoms with Crippen LogP contribution in [0.1, 0.15) is 5.69 Å². The number of aromatic nitrogens is 2. The van der Waals surface area contributed by atoms with E-state index in [1.54, 1.807) is 10.7 Å². The van der Waals surface area contributed by atoms with E-state index in [1.807, 2.05) is 54.6 Å². The van der Waals surface area contributed by atoms with Crippen LogP contribution in [0.2, 0.25) is 0 Å². The van der Waals surface area contributed by atoms with E-state index in [0.717, 1.165) is 21.4 Å². The minimum absolute atomic E-state index is 0.181. The normalized spacial score (nSPS) is 13.9. The molecule has 0 saturated carbocycles. The topological polar surface area (TPSA) is 93.1 Å². The summed E-state index contributed by atoms with van der Waals surface area (Å²) in [5.74, 6) is -1.51. The predicted octanol–water partition coefficient (Wildman–Crippen LogP) is 3.05. The summed E-state index contributed by atoms with van der Waals surface area (Å²) in [6.45, 7) is 0. The number of benzene rings is 2. The van der Waals surface area contributed by atoms with Gasteiger partial charge in [-0.25, -0.2) is 9.48 Å². The van der Waals surface area contributed by atoms with Crippen molar-refractivity contribution < 1.29 is 14.4 Å². The molecule has 0 spiro atoms. The molecule has 8 heteroatoms. The molecule has 1 aliphatic heterocycles. The predicted molar refractivity (Wildman–Crippen MR) is 106 cm³/mol. The van der Waals surface area contributed by atoms with Crippen LogP contribution in [0.25, 0.3) is 23.0 Å². The third-order valence-corrected chi connectivity index (χ3v) is 4.63. The number of urea groups is 1. The van der Waals surface area contributed by atoms with E-state index >= 15 is 0 Å². The number of barbiturate groups is 1. The highest BCUT2D eigenvalue weighted by molar-refractivity contribution is 9.10.